The van der Waals surface area contributed by atoms with E-state index in [0.29, 0.717) is 0 Å². The molecule has 17 heavy (non-hydrogen) atoms. The third-order valence-corrected chi connectivity index (χ3v) is 2.36. The van der Waals surface area contributed by atoms with Gasteiger partial charge in [-0.05, 0) is 48.4 Å². The van der Waals surface area contributed by atoms with Gasteiger partial charge in [0.2, 0.25) is 0 Å². The van der Waals surface area contributed by atoms with E-state index >= 15 is 0 Å². The Labute approximate surface area is 102 Å². The number of aliphatic imine (C=N–C) groups is 1. The summed E-state index contributed by atoms with van der Waals surface area (Å²) in [5.41, 5.74) is 8.45. The molecule has 0 radical (unpaired) electrons. The molecule has 0 bridgehead atoms. The van der Waals surface area contributed by atoms with Gasteiger partial charge in [0.05, 0.1) is 0 Å². The first kappa shape index (κ1) is 11.2. The highest BCUT2D eigenvalue weighted by Gasteiger charge is 1.91. The average Bonchev–Trinajstić information content (AvgIpc) is 2.38. The number of nitrogen functional groups attached to an aromatic ring is 1. The molecule has 0 aliphatic carbocycles. The SMILES string of the molecule is Nc1ccc(C#C/C=C/C2=CCCN=C2)cc1. The second-order valence-corrected chi connectivity index (χ2v) is 3.75. The molecule has 0 saturated carbocycles. The number of hydrogen-bond donors (Lipinski definition) is 1. The molecular formula is C15H14N2. The number of anilines is 1. The molecule has 1 heterocycles. The van der Waals surface area contributed by atoms with E-state index in [1.165, 1.54) is 0 Å². The lowest BCUT2D eigenvalue weighted by molar-refractivity contribution is 0.994. The second kappa shape index (κ2) is 5.72. The lowest BCUT2D eigenvalue weighted by Crippen LogP contribution is -1.90. The highest BCUT2D eigenvalue weighted by atomic mass is 14.7. The second-order valence-electron chi connectivity index (χ2n) is 3.75. The topological polar surface area (TPSA) is 38.4 Å². The Morgan fingerprint density at radius 2 is 2.06 bits per heavy atom. The third-order valence-electron chi connectivity index (χ3n) is 2.36. The van der Waals surface area contributed by atoms with Gasteiger partial charge in [-0.1, -0.05) is 17.9 Å². The van der Waals surface area contributed by atoms with Crippen molar-refractivity contribution < 1.29 is 0 Å². The molecule has 1 aliphatic heterocycles. The van der Waals surface area contributed by atoms with Gasteiger partial charge in [-0.2, -0.15) is 0 Å². The van der Waals surface area contributed by atoms with E-state index < -0.39 is 0 Å². The van der Waals surface area contributed by atoms with Crippen molar-refractivity contribution in [3.63, 3.8) is 0 Å². The van der Waals surface area contributed by atoms with Crippen LogP contribution in [0.3, 0.4) is 0 Å². The molecule has 84 valence electrons. The van der Waals surface area contributed by atoms with E-state index in [9.17, 15) is 0 Å². The van der Waals surface area contributed by atoms with E-state index in [2.05, 4.69) is 22.9 Å². The fourth-order valence-corrected chi connectivity index (χ4v) is 1.47. The fourth-order valence-electron chi connectivity index (χ4n) is 1.47. The van der Waals surface area contributed by atoms with Crippen LogP contribution < -0.4 is 5.73 Å². The molecule has 0 unspecified atom stereocenters. The number of rotatable bonds is 1. The van der Waals surface area contributed by atoms with E-state index in [1.54, 1.807) is 0 Å². The lowest BCUT2D eigenvalue weighted by atomic mass is 10.2. The van der Waals surface area contributed by atoms with Crippen LogP contribution in [0.5, 0.6) is 0 Å². The predicted octanol–water partition coefficient (Wildman–Crippen LogP) is 2.58. The van der Waals surface area contributed by atoms with Crippen molar-refractivity contribution in [3.05, 3.63) is 53.6 Å². The average molecular weight is 222 g/mol. The zero-order chi connectivity index (χ0) is 11.9. The highest BCUT2D eigenvalue weighted by Crippen LogP contribution is 2.04. The first-order valence-corrected chi connectivity index (χ1v) is 5.58. The summed E-state index contributed by atoms with van der Waals surface area (Å²) in [7, 11) is 0. The zero-order valence-corrected chi connectivity index (χ0v) is 9.56. The molecule has 0 fully saturated rings. The van der Waals surface area contributed by atoms with Crippen LogP contribution in [-0.2, 0) is 0 Å². The van der Waals surface area contributed by atoms with Gasteiger partial charge in [0.15, 0.2) is 0 Å². The fraction of sp³-hybridized carbons (Fsp3) is 0.133. The van der Waals surface area contributed by atoms with Crippen molar-refractivity contribution in [2.24, 2.45) is 4.99 Å². The predicted molar refractivity (Wildman–Crippen MR) is 72.9 cm³/mol. The molecule has 1 aromatic rings. The molecule has 0 amide bonds. The molecule has 0 atom stereocenters. The van der Waals surface area contributed by atoms with Crippen LogP contribution in [0.4, 0.5) is 5.69 Å². The van der Waals surface area contributed by atoms with Gasteiger partial charge in [-0.25, -0.2) is 0 Å². The number of nitrogens with two attached hydrogens (primary N) is 1. The minimum atomic E-state index is 0.759. The van der Waals surface area contributed by atoms with Crippen LogP contribution in [0.1, 0.15) is 12.0 Å². The number of benzene rings is 1. The molecule has 0 aromatic heterocycles. The van der Waals surface area contributed by atoms with Crippen molar-refractivity contribution in [2.75, 3.05) is 12.3 Å². The largest absolute Gasteiger partial charge is 0.399 e. The minimum absolute atomic E-state index is 0.759. The van der Waals surface area contributed by atoms with Crippen molar-refractivity contribution in [2.45, 2.75) is 6.42 Å². The first-order chi connectivity index (χ1) is 8.34. The maximum Gasteiger partial charge on any atom is 0.0424 e. The summed E-state index contributed by atoms with van der Waals surface area (Å²) in [6, 6.07) is 7.53. The van der Waals surface area contributed by atoms with Gasteiger partial charge in [0.1, 0.15) is 0 Å². The Morgan fingerprint density at radius 1 is 1.24 bits per heavy atom. The summed E-state index contributed by atoms with van der Waals surface area (Å²) in [6.07, 6.45) is 8.88. The molecular weight excluding hydrogens is 208 g/mol. The van der Waals surface area contributed by atoms with Gasteiger partial charge in [0.25, 0.3) is 0 Å². The van der Waals surface area contributed by atoms with Gasteiger partial charge in [-0.3, -0.25) is 4.99 Å². The van der Waals surface area contributed by atoms with Crippen molar-refractivity contribution in [1.29, 1.82) is 0 Å². The summed E-state index contributed by atoms with van der Waals surface area (Å²) in [5, 5.41) is 0. The summed E-state index contributed by atoms with van der Waals surface area (Å²) in [5.74, 6) is 6.04. The maximum absolute atomic E-state index is 5.59. The monoisotopic (exact) mass is 222 g/mol. The lowest BCUT2D eigenvalue weighted by Gasteiger charge is -1.98. The van der Waals surface area contributed by atoms with Crippen LogP contribution in [0, 0.1) is 11.8 Å². The summed E-state index contributed by atoms with van der Waals surface area (Å²) in [6.45, 7) is 0.897. The molecule has 0 saturated heterocycles. The van der Waals surface area contributed by atoms with Gasteiger partial charge >= 0.3 is 0 Å². The quantitative estimate of drug-likeness (QED) is 0.575. The molecule has 2 nitrogen and oxygen atoms in total. The zero-order valence-electron chi connectivity index (χ0n) is 9.56. The number of hydrogen-bond acceptors (Lipinski definition) is 2. The summed E-state index contributed by atoms with van der Waals surface area (Å²) >= 11 is 0. The van der Waals surface area contributed by atoms with Crippen molar-refractivity contribution >= 4 is 11.9 Å². The number of dihydropyridines is 1. The van der Waals surface area contributed by atoms with Crippen LogP contribution in [0.25, 0.3) is 0 Å². The smallest absolute Gasteiger partial charge is 0.0424 e. The van der Waals surface area contributed by atoms with Gasteiger partial charge < -0.3 is 5.73 Å². The molecule has 0 spiro atoms. The molecule has 2 N–H and O–H groups in total. The Bertz CT molecular complexity index is 522. The van der Waals surface area contributed by atoms with Gasteiger partial charge in [0, 0.05) is 24.0 Å². The third kappa shape index (κ3) is 3.66. The standard InChI is InChI=1S/C15H14N2/c16-15-9-7-13(8-10-15)4-1-2-5-14-6-3-11-17-12-14/h2,5-10,12H,3,11,16H2/b5-2+. The van der Waals surface area contributed by atoms with E-state index in [1.807, 2.05) is 42.6 Å². The number of nitrogens with zero attached hydrogens (tertiary/aromatic N) is 1. The van der Waals surface area contributed by atoms with Crippen molar-refractivity contribution in [1.82, 2.24) is 0 Å². The molecule has 2 rings (SSSR count). The number of allylic oxidation sites excluding steroid dienone is 3. The first-order valence-electron chi connectivity index (χ1n) is 5.58. The Hall–Kier alpha value is -2.27. The van der Waals surface area contributed by atoms with Crippen molar-refractivity contribution in [3.8, 4) is 11.8 Å². The summed E-state index contributed by atoms with van der Waals surface area (Å²) < 4.78 is 0. The Morgan fingerprint density at radius 3 is 2.76 bits per heavy atom. The van der Waals surface area contributed by atoms with Gasteiger partial charge in [-0.15, -0.1) is 0 Å². The van der Waals surface area contributed by atoms with E-state index in [4.69, 9.17) is 5.73 Å². The van der Waals surface area contributed by atoms with E-state index in [0.717, 1.165) is 29.8 Å². The van der Waals surface area contributed by atoms with Crippen LogP contribution in [-0.4, -0.2) is 12.8 Å². The Balaban J connectivity index is 1.98. The minimum Gasteiger partial charge on any atom is -0.399 e. The van der Waals surface area contributed by atoms with E-state index in [-0.39, 0.29) is 0 Å². The van der Waals surface area contributed by atoms with Crippen LogP contribution in [0.15, 0.2) is 53.1 Å². The summed E-state index contributed by atoms with van der Waals surface area (Å²) in [4.78, 5) is 4.20. The highest BCUT2D eigenvalue weighted by molar-refractivity contribution is 5.83. The molecule has 1 aromatic carbocycles. The molecule has 1 aliphatic rings. The maximum atomic E-state index is 5.59. The molecule has 2 heteroatoms. The van der Waals surface area contributed by atoms with Crippen LogP contribution in [0.2, 0.25) is 0 Å². The van der Waals surface area contributed by atoms with Crippen LogP contribution >= 0.6 is 0 Å². The Kier molecular flexibility index (Phi) is 3.77. The normalized spacial score (nSPS) is 14.2.